The highest BCUT2D eigenvalue weighted by Gasteiger charge is 2.30. The van der Waals surface area contributed by atoms with E-state index < -0.39 is 17.8 Å². The highest BCUT2D eigenvalue weighted by Crippen LogP contribution is 2.33. The average molecular weight is 264 g/mol. The van der Waals surface area contributed by atoms with E-state index in [1.54, 1.807) is 0 Å². The van der Waals surface area contributed by atoms with E-state index in [1.807, 2.05) is 0 Å². The molecule has 0 aromatic heterocycles. The molecule has 1 N–H and O–H groups in total. The number of benzene rings is 1. The molecule has 0 saturated heterocycles. The van der Waals surface area contributed by atoms with E-state index in [4.69, 9.17) is 0 Å². The van der Waals surface area contributed by atoms with Crippen LogP contribution in [0.15, 0.2) is 23.1 Å². The monoisotopic (exact) mass is 264 g/mol. The lowest BCUT2D eigenvalue weighted by Gasteiger charge is -2.14. The van der Waals surface area contributed by atoms with E-state index in [0.717, 1.165) is 12.1 Å². The normalized spacial score (nSPS) is 11.2. The summed E-state index contributed by atoms with van der Waals surface area (Å²) < 4.78 is 37.1. The third kappa shape index (κ3) is 3.55. The topological polar surface area (TPSA) is 32.3 Å². The molecule has 0 bridgehead atoms. The Morgan fingerprint density at radius 2 is 1.94 bits per heavy atom. The van der Waals surface area contributed by atoms with E-state index in [9.17, 15) is 18.0 Å². The molecule has 0 heterocycles. The van der Waals surface area contributed by atoms with Crippen molar-refractivity contribution < 1.29 is 18.0 Å². The minimum absolute atomic E-state index is 0.0648. The summed E-state index contributed by atoms with van der Waals surface area (Å²) in [6.07, 6.45) is -4.42. The second kappa shape index (κ2) is 4.87. The lowest BCUT2D eigenvalue weighted by molar-refractivity contribution is -0.137. The molecule has 3 nitrogen and oxygen atoms in total. The number of hydrogen-bond acceptors (Lipinski definition) is 2. The zero-order chi connectivity index (χ0) is 13.2. The molecule has 0 aliphatic rings. The Labute approximate surface area is 102 Å². The molecule has 2 amide bonds. The minimum Gasteiger partial charge on any atom is -0.331 e. The van der Waals surface area contributed by atoms with Gasteiger partial charge in [0.1, 0.15) is 0 Å². The summed E-state index contributed by atoms with van der Waals surface area (Å²) in [4.78, 5) is 12.6. The van der Waals surface area contributed by atoms with Crippen LogP contribution >= 0.6 is 12.6 Å². The number of rotatable bonds is 1. The number of nitrogens with zero attached hydrogens (tertiary/aromatic N) is 1. The molecule has 0 aliphatic heterocycles. The fourth-order valence-electron chi connectivity index (χ4n) is 1.04. The number of amides is 2. The van der Waals surface area contributed by atoms with Crippen LogP contribution in [-0.2, 0) is 6.18 Å². The lowest BCUT2D eigenvalue weighted by Crippen LogP contribution is -2.27. The Morgan fingerprint density at radius 3 is 2.35 bits per heavy atom. The van der Waals surface area contributed by atoms with Gasteiger partial charge in [-0.1, -0.05) is 0 Å². The predicted molar refractivity (Wildman–Crippen MR) is 61.4 cm³/mol. The highest BCUT2D eigenvalue weighted by molar-refractivity contribution is 7.80. The SMILES string of the molecule is CN(C)C(=O)Nc1ccc(C(F)(F)F)cc1S. The Bertz CT molecular complexity index is 432. The van der Waals surface area contributed by atoms with Crippen LogP contribution in [0.3, 0.4) is 0 Å². The van der Waals surface area contributed by atoms with Gasteiger partial charge in [-0.25, -0.2) is 4.79 Å². The maximum Gasteiger partial charge on any atom is 0.416 e. The first-order chi connectivity index (χ1) is 7.71. The minimum atomic E-state index is -4.42. The lowest BCUT2D eigenvalue weighted by atomic mass is 10.2. The van der Waals surface area contributed by atoms with Gasteiger partial charge in [0, 0.05) is 19.0 Å². The van der Waals surface area contributed by atoms with Gasteiger partial charge < -0.3 is 10.2 Å². The van der Waals surface area contributed by atoms with E-state index in [1.165, 1.54) is 25.1 Å². The third-order valence-corrected chi connectivity index (χ3v) is 2.34. The molecule has 0 unspecified atom stereocenters. The van der Waals surface area contributed by atoms with Crippen molar-refractivity contribution in [2.75, 3.05) is 19.4 Å². The van der Waals surface area contributed by atoms with E-state index in [0.29, 0.717) is 0 Å². The molecule has 1 aromatic rings. The summed E-state index contributed by atoms with van der Waals surface area (Å²) in [5.41, 5.74) is -0.564. The van der Waals surface area contributed by atoms with E-state index >= 15 is 0 Å². The zero-order valence-electron chi connectivity index (χ0n) is 9.17. The standard InChI is InChI=1S/C10H11F3N2OS/c1-15(2)9(16)14-7-4-3-6(5-8(7)17)10(11,12)13/h3-5,17H,1-2H3,(H,14,16). The zero-order valence-corrected chi connectivity index (χ0v) is 10.1. The van der Waals surface area contributed by atoms with Crippen molar-refractivity contribution in [1.29, 1.82) is 0 Å². The van der Waals surface area contributed by atoms with E-state index in [-0.39, 0.29) is 10.6 Å². The van der Waals surface area contributed by atoms with E-state index in [2.05, 4.69) is 17.9 Å². The van der Waals surface area contributed by atoms with Crippen LogP contribution in [0, 0.1) is 0 Å². The molecule has 17 heavy (non-hydrogen) atoms. The van der Waals surface area contributed by atoms with Crippen LogP contribution in [0.25, 0.3) is 0 Å². The van der Waals surface area contributed by atoms with Gasteiger partial charge in [0.05, 0.1) is 11.3 Å². The van der Waals surface area contributed by atoms with Gasteiger partial charge in [-0.15, -0.1) is 12.6 Å². The molecule has 0 aliphatic carbocycles. The van der Waals surface area contributed by atoms with Crippen molar-refractivity contribution in [2.45, 2.75) is 11.1 Å². The van der Waals surface area contributed by atoms with Crippen LogP contribution in [0.4, 0.5) is 23.7 Å². The number of anilines is 1. The fourth-order valence-corrected chi connectivity index (χ4v) is 1.31. The van der Waals surface area contributed by atoms with Gasteiger partial charge in [0.15, 0.2) is 0 Å². The first-order valence-electron chi connectivity index (χ1n) is 4.60. The van der Waals surface area contributed by atoms with Crippen LogP contribution in [0.5, 0.6) is 0 Å². The molecular formula is C10H11F3N2OS. The summed E-state index contributed by atoms with van der Waals surface area (Å²) in [7, 11) is 3.05. The van der Waals surface area contributed by atoms with Crippen molar-refractivity contribution in [3.05, 3.63) is 23.8 Å². The highest BCUT2D eigenvalue weighted by atomic mass is 32.1. The van der Waals surface area contributed by atoms with Gasteiger partial charge in [0.25, 0.3) is 0 Å². The number of urea groups is 1. The Kier molecular flexibility index (Phi) is 3.92. The molecule has 1 rings (SSSR count). The maximum absolute atomic E-state index is 12.4. The quantitative estimate of drug-likeness (QED) is 0.751. The first-order valence-corrected chi connectivity index (χ1v) is 5.05. The molecular weight excluding hydrogens is 253 g/mol. The summed E-state index contributed by atoms with van der Waals surface area (Å²) in [6, 6.07) is 2.51. The van der Waals surface area contributed by atoms with Gasteiger partial charge in [0.2, 0.25) is 0 Å². The molecule has 0 atom stereocenters. The Hall–Kier alpha value is -1.37. The molecule has 0 fully saturated rings. The van der Waals surface area contributed by atoms with Crippen molar-refractivity contribution in [1.82, 2.24) is 4.90 Å². The third-order valence-electron chi connectivity index (χ3n) is 1.97. The number of nitrogens with one attached hydrogen (secondary N) is 1. The molecule has 0 spiro atoms. The number of carbonyl (C=O) groups is 1. The van der Waals surface area contributed by atoms with Crippen LogP contribution in [0.1, 0.15) is 5.56 Å². The molecule has 94 valence electrons. The Morgan fingerprint density at radius 1 is 1.35 bits per heavy atom. The molecule has 0 radical (unpaired) electrons. The Balaban J connectivity index is 2.95. The predicted octanol–water partition coefficient (Wildman–Crippen LogP) is 3.09. The number of halogens is 3. The number of hydrogen-bond donors (Lipinski definition) is 2. The van der Waals surface area contributed by atoms with Crippen LogP contribution < -0.4 is 5.32 Å². The van der Waals surface area contributed by atoms with Gasteiger partial charge in [-0.2, -0.15) is 13.2 Å². The number of alkyl halides is 3. The van der Waals surface area contributed by atoms with Gasteiger partial charge >= 0.3 is 12.2 Å². The second-order valence-corrected chi connectivity index (χ2v) is 4.04. The number of carbonyl (C=O) groups excluding carboxylic acids is 1. The van der Waals surface area contributed by atoms with Crippen molar-refractivity contribution in [3.63, 3.8) is 0 Å². The van der Waals surface area contributed by atoms with Crippen molar-refractivity contribution in [3.8, 4) is 0 Å². The summed E-state index contributed by atoms with van der Waals surface area (Å²) >= 11 is 3.91. The van der Waals surface area contributed by atoms with Crippen molar-refractivity contribution >= 4 is 24.3 Å². The van der Waals surface area contributed by atoms with Crippen LogP contribution in [-0.4, -0.2) is 25.0 Å². The smallest absolute Gasteiger partial charge is 0.331 e. The summed E-state index contributed by atoms with van der Waals surface area (Å²) in [5.74, 6) is 0. The van der Waals surface area contributed by atoms with Crippen LogP contribution in [0.2, 0.25) is 0 Å². The first kappa shape index (κ1) is 13.7. The van der Waals surface area contributed by atoms with Gasteiger partial charge in [-0.3, -0.25) is 0 Å². The molecule has 0 saturated carbocycles. The fraction of sp³-hybridized carbons (Fsp3) is 0.300. The maximum atomic E-state index is 12.4. The molecule has 7 heteroatoms. The summed E-state index contributed by atoms with van der Waals surface area (Å²) in [6.45, 7) is 0. The largest absolute Gasteiger partial charge is 0.416 e. The average Bonchev–Trinajstić information content (AvgIpc) is 2.19. The van der Waals surface area contributed by atoms with Crippen molar-refractivity contribution in [2.24, 2.45) is 0 Å². The number of thiol groups is 1. The molecule has 1 aromatic carbocycles. The summed E-state index contributed by atoms with van der Waals surface area (Å²) in [5, 5.41) is 2.43. The second-order valence-electron chi connectivity index (χ2n) is 3.55. The van der Waals surface area contributed by atoms with Gasteiger partial charge in [-0.05, 0) is 18.2 Å².